The Kier molecular flexibility index (Phi) is 2.80. The molecule has 2 aromatic heterocycles. The lowest BCUT2D eigenvalue weighted by atomic mass is 10.2. The van der Waals surface area contributed by atoms with Crippen LogP contribution in [0, 0.1) is 0 Å². The van der Waals surface area contributed by atoms with Gasteiger partial charge >= 0.3 is 0 Å². The van der Waals surface area contributed by atoms with Gasteiger partial charge in [0.25, 0.3) is 0 Å². The third kappa shape index (κ3) is 1.88. The lowest BCUT2D eigenvalue weighted by molar-refractivity contribution is 0.415. The smallest absolute Gasteiger partial charge is 0.151 e. The molecule has 0 N–H and O–H groups in total. The molecule has 4 heteroatoms. The highest BCUT2D eigenvalue weighted by Gasteiger charge is 2.06. The van der Waals surface area contributed by atoms with Crippen LogP contribution in [0.15, 0.2) is 53.3 Å². The topological polar surface area (TPSA) is 26.5 Å². The molecule has 0 unspecified atom stereocenters. The number of rotatable bonds is 2. The Morgan fingerprint density at radius 2 is 1.94 bits per heavy atom. The number of ether oxygens (including phenoxy) is 1. The van der Waals surface area contributed by atoms with Crippen molar-refractivity contribution in [2.24, 2.45) is 0 Å². The van der Waals surface area contributed by atoms with Crippen molar-refractivity contribution >= 4 is 21.6 Å². The second-order valence-corrected chi connectivity index (χ2v) is 4.80. The Hall–Kier alpha value is -1.81. The van der Waals surface area contributed by atoms with Gasteiger partial charge in [0.15, 0.2) is 5.65 Å². The van der Waals surface area contributed by atoms with Crippen molar-refractivity contribution in [3.8, 4) is 17.0 Å². The van der Waals surface area contributed by atoms with E-state index in [1.807, 2.05) is 53.2 Å². The van der Waals surface area contributed by atoms with E-state index >= 15 is 0 Å². The fourth-order valence-corrected chi connectivity index (χ4v) is 2.33. The highest BCUT2D eigenvalue weighted by atomic mass is 79.9. The summed E-state index contributed by atoms with van der Waals surface area (Å²) in [4.78, 5) is 4.61. The van der Waals surface area contributed by atoms with Gasteiger partial charge in [-0.25, -0.2) is 4.98 Å². The summed E-state index contributed by atoms with van der Waals surface area (Å²) in [5, 5.41) is 0. The standard InChI is InChI=1S/C14H11BrN2O/c1-18-11-6-4-10(5-7-11)13-9-17-8-2-3-12(15)14(17)16-13/h2-9H,1H3. The first kappa shape index (κ1) is 11.3. The first-order valence-corrected chi connectivity index (χ1v) is 6.35. The number of halogens is 1. The van der Waals surface area contributed by atoms with Gasteiger partial charge in [0.05, 0.1) is 17.3 Å². The molecule has 3 nitrogen and oxygen atoms in total. The Balaban J connectivity index is 2.10. The highest BCUT2D eigenvalue weighted by Crippen LogP contribution is 2.24. The number of aromatic nitrogens is 2. The number of hydrogen-bond acceptors (Lipinski definition) is 2. The molecule has 0 fully saturated rings. The number of methoxy groups -OCH3 is 1. The van der Waals surface area contributed by atoms with E-state index in [9.17, 15) is 0 Å². The van der Waals surface area contributed by atoms with Gasteiger partial charge in [-0.1, -0.05) is 0 Å². The Labute approximate surface area is 113 Å². The number of imidazole rings is 1. The molecule has 0 saturated heterocycles. The maximum atomic E-state index is 5.15. The molecule has 0 radical (unpaired) electrons. The first-order chi connectivity index (χ1) is 8.78. The summed E-state index contributed by atoms with van der Waals surface area (Å²) >= 11 is 3.50. The van der Waals surface area contributed by atoms with E-state index in [-0.39, 0.29) is 0 Å². The van der Waals surface area contributed by atoms with Crippen LogP contribution in [0.4, 0.5) is 0 Å². The second kappa shape index (κ2) is 4.46. The molecule has 2 heterocycles. The minimum absolute atomic E-state index is 0.851. The van der Waals surface area contributed by atoms with Crippen LogP contribution in [-0.2, 0) is 0 Å². The molecule has 0 saturated carbocycles. The minimum atomic E-state index is 0.851. The summed E-state index contributed by atoms with van der Waals surface area (Å²) in [6, 6.07) is 11.9. The summed E-state index contributed by atoms with van der Waals surface area (Å²) in [7, 11) is 1.66. The van der Waals surface area contributed by atoms with E-state index in [0.29, 0.717) is 0 Å². The van der Waals surface area contributed by atoms with Gasteiger partial charge in [0.2, 0.25) is 0 Å². The number of benzene rings is 1. The fraction of sp³-hybridized carbons (Fsp3) is 0.0714. The van der Waals surface area contributed by atoms with Crippen molar-refractivity contribution in [2.45, 2.75) is 0 Å². The van der Waals surface area contributed by atoms with Crippen LogP contribution in [0.25, 0.3) is 16.9 Å². The highest BCUT2D eigenvalue weighted by molar-refractivity contribution is 9.10. The third-order valence-corrected chi connectivity index (χ3v) is 3.44. The van der Waals surface area contributed by atoms with Crippen LogP contribution in [0.2, 0.25) is 0 Å². The predicted molar refractivity (Wildman–Crippen MR) is 74.9 cm³/mol. The van der Waals surface area contributed by atoms with Gasteiger partial charge < -0.3 is 9.14 Å². The number of nitrogens with zero attached hydrogens (tertiary/aromatic N) is 2. The van der Waals surface area contributed by atoms with Gasteiger partial charge in [-0.05, 0) is 52.3 Å². The fourth-order valence-electron chi connectivity index (χ4n) is 1.88. The second-order valence-electron chi connectivity index (χ2n) is 3.94. The molecular formula is C14H11BrN2O. The van der Waals surface area contributed by atoms with E-state index in [0.717, 1.165) is 27.1 Å². The SMILES string of the molecule is COc1ccc(-c2cn3cccc(Br)c3n2)cc1. The average molecular weight is 303 g/mol. The third-order valence-electron chi connectivity index (χ3n) is 2.82. The zero-order chi connectivity index (χ0) is 12.5. The van der Waals surface area contributed by atoms with Crippen molar-refractivity contribution < 1.29 is 4.74 Å². The van der Waals surface area contributed by atoms with Crippen LogP contribution in [0.5, 0.6) is 5.75 Å². The molecule has 18 heavy (non-hydrogen) atoms. The monoisotopic (exact) mass is 302 g/mol. The molecular weight excluding hydrogens is 292 g/mol. The largest absolute Gasteiger partial charge is 0.497 e. The zero-order valence-corrected chi connectivity index (χ0v) is 11.4. The van der Waals surface area contributed by atoms with Crippen LogP contribution in [0.3, 0.4) is 0 Å². The quantitative estimate of drug-likeness (QED) is 0.720. The van der Waals surface area contributed by atoms with Gasteiger partial charge in [0, 0.05) is 18.0 Å². The maximum absolute atomic E-state index is 5.15. The van der Waals surface area contributed by atoms with E-state index in [1.54, 1.807) is 7.11 Å². The molecule has 0 bridgehead atoms. The molecule has 0 aliphatic heterocycles. The average Bonchev–Trinajstić information content (AvgIpc) is 2.84. The van der Waals surface area contributed by atoms with Crippen molar-refractivity contribution in [2.75, 3.05) is 7.11 Å². The van der Waals surface area contributed by atoms with Gasteiger partial charge in [-0.15, -0.1) is 0 Å². The summed E-state index contributed by atoms with van der Waals surface area (Å²) in [6.07, 6.45) is 4.00. The molecule has 0 amide bonds. The Morgan fingerprint density at radius 1 is 1.17 bits per heavy atom. The van der Waals surface area contributed by atoms with E-state index in [4.69, 9.17) is 4.74 Å². The lowest BCUT2D eigenvalue weighted by Gasteiger charge is -1.99. The lowest BCUT2D eigenvalue weighted by Crippen LogP contribution is -1.82. The first-order valence-electron chi connectivity index (χ1n) is 5.55. The van der Waals surface area contributed by atoms with Gasteiger partial charge in [-0.2, -0.15) is 0 Å². The summed E-state index contributed by atoms with van der Waals surface area (Å²) in [6.45, 7) is 0. The molecule has 3 rings (SSSR count). The van der Waals surface area contributed by atoms with Crippen molar-refractivity contribution in [3.05, 3.63) is 53.3 Å². The van der Waals surface area contributed by atoms with E-state index in [1.165, 1.54) is 0 Å². The predicted octanol–water partition coefficient (Wildman–Crippen LogP) is 3.77. The van der Waals surface area contributed by atoms with Crippen LogP contribution in [-0.4, -0.2) is 16.5 Å². The number of pyridine rings is 1. The summed E-state index contributed by atoms with van der Waals surface area (Å²) in [5.74, 6) is 0.851. The summed E-state index contributed by atoms with van der Waals surface area (Å²) in [5.41, 5.74) is 2.94. The van der Waals surface area contributed by atoms with Crippen LogP contribution >= 0.6 is 15.9 Å². The van der Waals surface area contributed by atoms with Crippen molar-refractivity contribution in [1.82, 2.24) is 9.38 Å². The molecule has 0 atom stereocenters. The van der Waals surface area contributed by atoms with Gasteiger partial charge in [-0.3, -0.25) is 0 Å². The molecule has 0 spiro atoms. The van der Waals surface area contributed by atoms with Crippen LogP contribution in [0.1, 0.15) is 0 Å². The number of fused-ring (bicyclic) bond motifs is 1. The molecule has 0 aliphatic rings. The molecule has 3 aromatic rings. The van der Waals surface area contributed by atoms with Gasteiger partial charge in [0.1, 0.15) is 5.75 Å². The Bertz CT molecular complexity index is 689. The van der Waals surface area contributed by atoms with Crippen LogP contribution < -0.4 is 4.74 Å². The van der Waals surface area contributed by atoms with Crippen molar-refractivity contribution in [1.29, 1.82) is 0 Å². The zero-order valence-electron chi connectivity index (χ0n) is 9.80. The molecule has 0 aliphatic carbocycles. The molecule has 90 valence electrons. The summed E-state index contributed by atoms with van der Waals surface area (Å²) < 4.78 is 8.14. The van der Waals surface area contributed by atoms with E-state index in [2.05, 4.69) is 20.9 Å². The van der Waals surface area contributed by atoms with Crippen molar-refractivity contribution in [3.63, 3.8) is 0 Å². The normalized spacial score (nSPS) is 10.8. The van der Waals surface area contributed by atoms with E-state index < -0.39 is 0 Å². The molecule has 1 aromatic carbocycles. The number of hydrogen-bond donors (Lipinski definition) is 0. The maximum Gasteiger partial charge on any atom is 0.151 e. The minimum Gasteiger partial charge on any atom is -0.497 e. The Morgan fingerprint density at radius 3 is 2.61 bits per heavy atom.